The first kappa shape index (κ1) is 12.8. The zero-order chi connectivity index (χ0) is 13.3. The lowest BCUT2D eigenvalue weighted by molar-refractivity contribution is -0.147. The maximum atomic E-state index is 13.6. The van der Waals surface area contributed by atoms with Crippen molar-refractivity contribution in [1.82, 2.24) is 0 Å². The number of ether oxygens (including phenoxy) is 2. The third-order valence-electron chi connectivity index (χ3n) is 3.07. The standard InChI is InChI=1S/C13H14F2O3/c1-3-18-12(16)11-10(13(11,14)15)8-4-6-9(17-2)7-5-8/h4-7,10-11H,3H2,1-2H3. The molecule has 1 aliphatic rings. The first-order valence-electron chi connectivity index (χ1n) is 5.70. The summed E-state index contributed by atoms with van der Waals surface area (Å²) in [5.41, 5.74) is 0.429. The summed E-state index contributed by atoms with van der Waals surface area (Å²) in [6, 6.07) is 6.31. The van der Waals surface area contributed by atoms with E-state index in [1.54, 1.807) is 31.2 Å². The summed E-state index contributed by atoms with van der Waals surface area (Å²) in [4.78, 5) is 11.4. The molecule has 1 aliphatic carbocycles. The van der Waals surface area contributed by atoms with E-state index >= 15 is 0 Å². The first-order chi connectivity index (χ1) is 8.52. The van der Waals surface area contributed by atoms with Crippen LogP contribution in [0.2, 0.25) is 0 Å². The summed E-state index contributed by atoms with van der Waals surface area (Å²) >= 11 is 0. The minimum atomic E-state index is -3.01. The molecule has 1 aromatic carbocycles. The van der Waals surface area contributed by atoms with Crippen LogP contribution >= 0.6 is 0 Å². The van der Waals surface area contributed by atoms with Gasteiger partial charge in [-0.1, -0.05) is 12.1 Å². The minimum absolute atomic E-state index is 0.112. The van der Waals surface area contributed by atoms with Crippen LogP contribution in [0.1, 0.15) is 18.4 Å². The van der Waals surface area contributed by atoms with Crippen molar-refractivity contribution in [2.24, 2.45) is 5.92 Å². The van der Waals surface area contributed by atoms with Gasteiger partial charge >= 0.3 is 5.97 Å². The molecule has 0 bridgehead atoms. The number of carbonyl (C=O) groups excluding carboxylic acids is 1. The van der Waals surface area contributed by atoms with E-state index in [4.69, 9.17) is 4.74 Å². The zero-order valence-electron chi connectivity index (χ0n) is 10.2. The van der Waals surface area contributed by atoms with Crippen molar-refractivity contribution in [2.75, 3.05) is 13.7 Å². The Balaban J connectivity index is 2.16. The first-order valence-corrected chi connectivity index (χ1v) is 5.70. The van der Waals surface area contributed by atoms with Gasteiger partial charge in [0.2, 0.25) is 0 Å². The molecule has 0 spiro atoms. The van der Waals surface area contributed by atoms with Crippen molar-refractivity contribution < 1.29 is 23.0 Å². The lowest BCUT2D eigenvalue weighted by Crippen LogP contribution is -2.11. The summed E-state index contributed by atoms with van der Waals surface area (Å²) in [5.74, 6) is -5.69. The molecule has 0 N–H and O–H groups in total. The van der Waals surface area contributed by atoms with Crippen molar-refractivity contribution in [2.45, 2.75) is 18.8 Å². The molecular formula is C13H14F2O3. The van der Waals surface area contributed by atoms with Gasteiger partial charge in [0.15, 0.2) is 0 Å². The highest BCUT2D eigenvalue weighted by molar-refractivity contribution is 5.80. The molecular weight excluding hydrogens is 242 g/mol. The maximum absolute atomic E-state index is 13.6. The molecule has 0 aromatic heterocycles. The largest absolute Gasteiger partial charge is 0.497 e. The van der Waals surface area contributed by atoms with E-state index in [2.05, 4.69) is 4.74 Å². The van der Waals surface area contributed by atoms with Crippen LogP contribution in [-0.2, 0) is 9.53 Å². The fourth-order valence-corrected chi connectivity index (χ4v) is 2.08. The minimum Gasteiger partial charge on any atom is -0.497 e. The molecule has 1 fully saturated rings. The number of methoxy groups -OCH3 is 1. The number of alkyl halides is 2. The molecule has 0 radical (unpaired) electrons. The van der Waals surface area contributed by atoms with E-state index < -0.39 is 23.7 Å². The van der Waals surface area contributed by atoms with Crippen LogP contribution in [0, 0.1) is 5.92 Å². The Labute approximate surface area is 104 Å². The number of hydrogen-bond acceptors (Lipinski definition) is 3. The lowest BCUT2D eigenvalue weighted by atomic mass is 10.1. The van der Waals surface area contributed by atoms with Gasteiger partial charge in [-0.15, -0.1) is 0 Å². The third kappa shape index (κ3) is 2.05. The highest BCUT2D eigenvalue weighted by atomic mass is 19.3. The topological polar surface area (TPSA) is 35.5 Å². The number of hydrogen-bond donors (Lipinski definition) is 0. The highest BCUT2D eigenvalue weighted by Gasteiger charge is 2.73. The van der Waals surface area contributed by atoms with Gasteiger partial charge in [-0.3, -0.25) is 4.79 Å². The van der Waals surface area contributed by atoms with Crippen molar-refractivity contribution in [1.29, 1.82) is 0 Å². The molecule has 1 saturated carbocycles. The second kappa shape index (κ2) is 4.55. The zero-order valence-corrected chi connectivity index (χ0v) is 10.2. The van der Waals surface area contributed by atoms with Crippen molar-refractivity contribution in [3.63, 3.8) is 0 Å². The molecule has 2 atom stereocenters. The van der Waals surface area contributed by atoms with E-state index in [9.17, 15) is 13.6 Å². The molecule has 1 aromatic rings. The fourth-order valence-electron chi connectivity index (χ4n) is 2.08. The predicted molar refractivity (Wildman–Crippen MR) is 60.8 cm³/mol. The molecule has 98 valence electrons. The van der Waals surface area contributed by atoms with Crippen LogP contribution in [0.4, 0.5) is 8.78 Å². The van der Waals surface area contributed by atoms with E-state index in [-0.39, 0.29) is 6.61 Å². The van der Waals surface area contributed by atoms with E-state index in [0.29, 0.717) is 11.3 Å². The van der Waals surface area contributed by atoms with Crippen LogP contribution in [0.25, 0.3) is 0 Å². The Morgan fingerprint density at radius 3 is 2.44 bits per heavy atom. The maximum Gasteiger partial charge on any atom is 0.315 e. The van der Waals surface area contributed by atoms with Gasteiger partial charge in [-0.2, -0.15) is 0 Å². The summed E-state index contributed by atoms with van der Waals surface area (Å²) in [5, 5.41) is 0. The molecule has 3 nitrogen and oxygen atoms in total. The molecule has 2 rings (SSSR count). The number of esters is 1. The number of rotatable bonds is 4. The molecule has 0 heterocycles. The Hall–Kier alpha value is -1.65. The Kier molecular flexibility index (Phi) is 3.24. The summed E-state index contributed by atoms with van der Waals surface area (Å²) < 4.78 is 36.8. The fraction of sp³-hybridized carbons (Fsp3) is 0.462. The normalized spacial score (nSPS) is 24.4. The summed E-state index contributed by atoms with van der Waals surface area (Å²) in [6.45, 7) is 1.71. The Morgan fingerprint density at radius 1 is 1.33 bits per heavy atom. The number of halogens is 2. The number of benzene rings is 1. The van der Waals surface area contributed by atoms with Gasteiger partial charge in [-0.05, 0) is 24.6 Å². The third-order valence-corrected chi connectivity index (χ3v) is 3.07. The van der Waals surface area contributed by atoms with Gasteiger partial charge < -0.3 is 9.47 Å². The quantitative estimate of drug-likeness (QED) is 0.777. The highest BCUT2D eigenvalue weighted by Crippen LogP contribution is 2.62. The second-order valence-electron chi connectivity index (χ2n) is 4.16. The molecule has 5 heteroatoms. The molecule has 0 aliphatic heterocycles. The molecule has 0 saturated heterocycles. The van der Waals surface area contributed by atoms with Crippen LogP contribution in [0.5, 0.6) is 5.75 Å². The van der Waals surface area contributed by atoms with Crippen molar-refractivity contribution in [3.05, 3.63) is 29.8 Å². The van der Waals surface area contributed by atoms with Gasteiger partial charge in [-0.25, -0.2) is 8.78 Å². The van der Waals surface area contributed by atoms with Gasteiger partial charge in [0.1, 0.15) is 11.7 Å². The number of carbonyl (C=O) groups is 1. The Morgan fingerprint density at radius 2 is 1.94 bits per heavy atom. The van der Waals surface area contributed by atoms with Crippen LogP contribution in [0.15, 0.2) is 24.3 Å². The van der Waals surface area contributed by atoms with Crippen LogP contribution in [-0.4, -0.2) is 25.6 Å². The van der Waals surface area contributed by atoms with E-state index in [1.807, 2.05) is 0 Å². The van der Waals surface area contributed by atoms with Gasteiger partial charge in [0, 0.05) is 0 Å². The van der Waals surface area contributed by atoms with E-state index in [1.165, 1.54) is 7.11 Å². The average molecular weight is 256 g/mol. The van der Waals surface area contributed by atoms with Gasteiger partial charge in [0.25, 0.3) is 5.92 Å². The SMILES string of the molecule is CCOC(=O)C1C(c2ccc(OC)cc2)C1(F)F. The molecule has 18 heavy (non-hydrogen) atoms. The Bertz CT molecular complexity index is 442. The lowest BCUT2D eigenvalue weighted by Gasteiger charge is -2.02. The van der Waals surface area contributed by atoms with Crippen LogP contribution in [0.3, 0.4) is 0 Å². The second-order valence-corrected chi connectivity index (χ2v) is 4.16. The molecule has 0 amide bonds. The summed E-state index contributed by atoms with van der Waals surface area (Å²) in [6.07, 6.45) is 0. The molecule has 2 unspecified atom stereocenters. The predicted octanol–water partition coefficient (Wildman–Crippen LogP) is 2.61. The smallest absolute Gasteiger partial charge is 0.315 e. The van der Waals surface area contributed by atoms with Crippen molar-refractivity contribution >= 4 is 5.97 Å². The monoisotopic (exact) mass is 256 g/mol. The van der Waals surface area contributed by atoms with Crippen molar-refractivity contribution in [3.8, 4) is 5.75 Å². The average Bonchev–Trinajstić information content (AvgIpc) is 2.93. The van der Waals surface area contributed by atoms with Crippen LogP contribution < -0.4 is 4.74 Å². The van der Waals surface area contributed by atoms with Gasteiger partial charge in [0.05, 0.1) is 19.6 Å². The summed E-state index contributed by atoms with van der Waals surface area (Å²) in [7, 11) is 1.50. The van der Waals surface area contributed by atoms with E-state index in [0.717, 1.165) is 0 Å².